The Hall–Kier alpha value is -1.80. The summed E-state index contributed by atoms with van der Waals surface area (Å²) < 4.78 is 30.9. The summed E-state index contributed by atoms with van der Waals surface area (Å²) in [6, 6.07) is 6.31. The second-order valence-corrected chi connectivity index (χ2v) is 8.65. The number of nitrogens with one attached hydrogen (secondary N) is 3. The number of guanidine groups is 1. The first-order valence-electron chi connectivity index (χ1n) is 8.37. The van der Waals surface area contributed by atoms with E-state index in [0.717, 1.165) is 38.0 Å². The Balaban J connectivity index is 1.79. The number of ether oxygens (including phenoxy) is 1. The molecule has 0 bridgehead atoms. The van der Waals surface area contributed by atoms with Crippen LogP contribution < -0.4 is 20.1 Å². The third-order valence-corrected chi connectivity index (χ3v) is 4.77. The van der Waals surface area contributed by atoms with Crippen molar-refractivity contribution in [1.29, 1.82) is 0 Å². The van der Waals surface area contributed by atoms with Crippen LogP contribution in [0.4, 0.5) is 0 Å². The van der Waals surface area contributed by atoms with Crippen molar-refractivity contribution in [3.63, 3.8) is 0 Å². The quantitative estimate of drug-likeness (QED) is 0.486. The highest BCUT2D eigenvalue weighted by atomic mass is 32.2. The number of nitrogens with zero attached hydrogens (tertiary/aromatic N) is 1. The summed E-state index contributed by atoms with van der Waals surface area (Å²) in [7, 11) is -1.56. The number of hydrogen-bond donors (Lipinski definition) is 3. The maximum atomic E-state index is 11.4. The number of rotatable bonds is 7. The first-order valence-corrected chi connectivity index (χ1v) is 10.3. The summed E-state index contributed by atoms with van der Waals surface area (Å²) in [4.78, 5) is 4.17. The van der Waals surface area contributed by atoms with E-state index in [1.54, 1.807) is 7.05 Å². The molecule has 0 aromatic heterocycles. The van der Waals surface area contributed by atoms with Crippen LogP contribution >= 0.6 is 0 Å². The Morgan fingerprint density at radius 2 is 2.08 bits per heavy atom. The summed E-state index contributed by atoms with van der Waals surface area (Å²) in [5.74, 6) is 1.64. The van der Waals surface area contributed by atoms with Gasteiger partial charge in [-0.05, 0) is 37.5 Å². The van der Waals surface area contributed by atoms with Gasteiger partial charge in [0, 0.05) is 32.1 Å². The fourth-order valence-corrected chi connectivity index (χ4v) is 3.86. The van der Waals surface area contributed by atoms with E-state index in [4.69, 9.17) is 4.74 Å². The van der Waals surface area contributed by atoms with E-state index < -0.39 is 15.6 Å². The molecule has 0 amide bonds. The Morgan fingerprint density at radius 3 is 2.76 bits per heavy atom. The normalized spacial score (nSPS) is 14.8. The molecular weight excluding hydrogens is 340 g/mol. The standard InChI is InChI=1S/C17H28N4O3S/c1-17(2,21-25(4,22)23)12-20-16(18-3)19-9-7-13-5-6-15-14(11-13)8-10-24-15/h5-6,11,21H,7-10,12H2,1-4H3,(H2,18,19,20). The van der Waals surface area contributed by atoms with Crippen molar-refractivity contribution in [2.45, 2.75) is 32.2 Å². The average molecular weight is 369 g/mol. The van der Waals surface area contributed by atoms with E-state index in [-0.39, 0.29) is 0 Å². The highest BCUT2D eigenvalue weighted by Crippen LogP contribution is 2.25. The second kappa shape index (κ2) is 8.05. The highest BCUT2D eigenvalue weighted by Gasteiger charge is 2.22. The Morgan fingerprint density at radius 1 is 1.32 bits per heavy atom. The molecule has 1 aliphatic heterocycles. The maximum absolute atomic E-state index is 11.4. The van der Waals surface area contributed by atoms with Gasteiger partial charge in [0.25, 0.3) is 0 Å². The van der Waals surface area contributed by atoms with Crippen molar-refractivity contribution in [1.82, 2.24) is 15.4 Å². The van der Waals surface area contributed by atoms with Gasteiger partial charge in [-0.25, -0.2) is 13.1 Å². The number of aliphatic imine (C=N–C) groups is 1. The number of hydrogen-bond acceptors (Lipinski definition) is 4. The lowest BCUT2D eigenvalue weighted by Gasteiger charge is -2.26. The zero-order valence-electron chi connectivity index (χ0n) is 15.3. The zero-order chi connectivity index (χ0) is 18.5. The van der Waals surface area contributed by atoms with Crippen molar-refractivity contribution in [3.8, 4) is 5.75 Å². The number of sulfonamides is 1. The molecule has 0 radical (unpaired) electrons. The third kappa shape index (κ3) is 6.55. The molecule has 0 atom stereocenters. The molecule has 3 N–H and O–H groups in total. The van der Waals surface area contributed by atoms with E-state index in [0.29, 0.717) is 12.5 Å². The zero-order valence-corrected chi connectivity index (χ0v) is 16.2. The van der Waals surface area contributed by atoms with Gasteiger partial charge in [0.15, 0.2) is 5.96 Å². The first-order chi connectivity index (χ1) is 11.7. The van der Waals surface area contributed by atoms with Gasteiger partial charge >= 0.3 is 0 Å². The van der Waals surface area contributed by atoms with E-state index in [1.165, 1.54) is 11.1 Å². The van der Waals surface area contributed by atoms with E-state index in [1.807, 2.05) is 19.9 Å². The molecule has 1 heterocycles. The van der Waals surface area contributed by atoms with Crippen LogP contribution in [-0.2, 0) is 22.9 Å². The van der Waals surface area contributed by atoms with Gasteiger partial charge in [-0.3, -0.25) is 4.99 Å². The molecule has 1 aromatic carbocycles. The van der Waals surface area contributed by atoms with Crippen LogP contribution in [0.3, 0.4) is 0 Å². The number of fused-ring (bicyclic) bond motifs is 1. The van der Waals surface area contributed by atoms with E-state index in [9.17, 15) is 8.42 Å². The summed E-state index contributed by atoms with van der Waals surface area (Å²) in [6.07, 6.45) is 3.00. The summed E-state index contributed by atoms with van der Waals surface area (Å²) >= 11 is 0. The lowest BCUT2D eigenvalue weighted by atomic mass is 10.1. The minimum Gasteiger partial charge on any atom is -0.493 e. The van der Waals surface area contributed by atoms with Crippen LogP contribution in [-0.4, -0.2) is 52.9 Å². The van der Waals surface area contributed by atoms with Crippen molar-refractivity contribution < 1.29 is 13.2 Å². The van der Waals surface area contributed by atoms with Crippen LogP contribution in [0, 0.1) is 0 Å². The molecule has 0 aliphatic carbocycles. The summed E-state index contributed by atoms with van der Waals surface area (Å²) in [6.45, 7) is 5.57. The molecule has 0 saturated heterocycles. The monoisotopic (exact) mass is 368 g/mol. The molecular formula is C17H28N4O3S. The third-order valence-electron chi connectivity index (χ3n) is 3.84. The largest absolute Gasteiger partial charge is 0.493 e. The van der Waals surface area contributed by atoms with Gasteiger partial charge < -0.3 is 15.4 Å². The molecule has 2 rings (SSSR count). The fraction of sp³-hybridized carbons (Fsp3) is 0.588. The highest BCUT2D eigenvalue weighted by molar-refractivity contribution is 7.88. The van der Waals surface area contributed by atoms with Gasteiger partial charge in [0.1, 0.15) is 5.75 Å². The van der Waals surface area contributed by atoms with Gasteiger partial charge in [-0.1, -0.05) is 12.1 Å². The smallest absolute Gasteiger partial charge is 0.209 e. The summed E-state index contributed by atoms with van der Waals surface area (Å²) in [5.41, 5.74) is 1.92. The van der Waals surface area contributed by atoms with Gasteiger partial charge in [-0.2, -0.15) is 0 Å². The van der Waals surface area contributed by atoms with Crippen molar-refractivity contribution in [3.05, 3.63) is 29.3 Å². The second-order valence-electron chi connectivity index (χ2n) is 6.90. The van der Waals surface area contributed by atoms with Gasteiger partial charge in [0.2, 0.25) is 10.0 Å². The minimum atomic E-state index is -3.26. The predicted molar refractivity (Wildman–Crippen MR) is 101 cm³/mol. The maximum Gasteiger partial charge on any atom is 0.209 e. The molecule has 1 aliphatic rings. The minimum absolute atomic E-state index is 0.427. The molecule has 25 heavy (non-hydrogen) atoms. The van der Waals surface area contributed by atoms with E-state index in [2.05, 4.69) is 32.5 Å². The van der Waals surface area contributed by atoms with Crippen LogP contribution in [0.15, 0.2) is 23.2 Å². The van der Waals surface area contributed by atoms with E-state index >= 15 is 0 Å². The predicted octanol–water partition coefficient (Wildman–Crippen LogP) is 0.657. The summed E-state index contributed by atoms with van der Waals surface area (Å²) in [5, 5.41) is 6.40. The molecule has 0 saturated carbocycles. The van der Waals surface area contributed by atoms with Crippen molar-refractivity contribution in [2.24, 2.45) is 4.99 Å². The lowest BCUT2D eigenvalue weighted by Crippen LogP contribution is -2.53. The first kappa shape index (κ1) is 19.5. The Bertz CT molecular complexity index is 729. The number of benzene rings is 1. The van der Waals surface area contributed by atoms with Crippen molar-refractivity contribution in [2.75, 3.05) is 33.0 Å². The van der Waals surface area contributed by atoms with Crippen LogP contribution in [0.1, 0.15) is 25.0 Å². The average Bonchev–Trinajstić information content (AvgIpc) is 2.95. The fourth-order valence-electron chi connectivity index (χ4n) is 2.78. The molecule has 140 valence electrons. The molecule has 1 aromatic rings. The Kier molecular flexibility index (Phi) is 6.29. The molecule has 0 spiro atoms. The molecule has 0 fully saturated rings. The molecule has 8 heteroatoms. The SMILES string of the molecule is CN=C(NCCc1ccc2c(c1)CCO2)NCC(C)(C)NS(C)(=O)=O. The van der Waals surface area contributed by atoms with Crippen LogP contribution in [0.5, 0.6) is 5.75 Å². The van der Waals surface area contributed by atoms with Crippen LogP contribution in [0.2, 0.25) is 0 Å². The lowest BCUT2D eigenvalue weighted by molar-refractivity contribution is 0.357. The van der Waals surface area contributed by atoms with Gasteiger partial charge in [0.05, 0.1) is 12.9 Å². The van der Waals surface area contributed by atoms with Crippen molar-refractivity contribution >= 4 is 16.0 Å². The van der Waals surface area contributed by atoms with Crippen LogP contribution in [0.25, 0.3) is 0 Å². The topological polar surface area (TPSA) is 91.8 Å². The molecule has 0 unspecified atom stereocenters. The van der Waals surface area contributed by atoms with Gasteiger partial charge in [-0.15, -0.1) is 0 Å². The Labute approximate surface area is 150 Å². The molecule has 7 nitrogen and oxygen atoms in total.